The molecular weight excluding hydrogens is 524 g/mol. The highest BCUT2D eigenvalue weighted by Gasteiger charge is 2.46. The lowest BCUT2D eigenvalue weighted by Crippen LogP contribution is -2.55. The maximum absolute atomic E-state index is 13.7. The highest BCUT2D eigenvalue weighted by atomic mass is 16.5. The lowest BCUT2D eigenvalue weighted by atomic mass is 9.84. The lowest BCUT2D eigenvalue weighted by molar-refractivity contribution is -0.133. The third-order valence-electron chi connectivity index (χ3n) is 8.71. The van der Waals surface area contributed by atoms with Gasteiger partial charge in [-0.25, -0.2) is 4.99 Å². The van der Waals surface area contributed by atoms with Crippen LogP contribution < -0.4 is 20.5 Å². The number of nitrogens with one attached hydrogen (secondary N) is 1. The van der Waals surface area contributed by atoms with Crippen molar-refractivity contribution in [1.29, 1.82) is 0 Å². The van der Waals surface area contributed by atoms with Crippen LogP contribution in [0.3, 0.4) is 0 Å². The van der Waals surface area contributed by atoms with Gasteiger partial charge in [-0.3, -0.25) is 14.5 Å². The molecule has 10 nitrogen and oxygen atoms in total. The topological polar surface area (TPSA) is 136 Å². The molecule has 2 aromatic rings. The van der Waals surface area contributed by atoms with Crippen LogP contribution in [0, 0.1) is 12.8 Å². The molecule has 41 heavy (non-hydrogen) atoms. The summed E-state index contributed by atoms with van der Waals surface area (Å²) in [5.74, 6) is 0.654. The van der Waals surface area contributed by atoms with Crippen LogP contribution in [0.15, 0.2) is 41.4 Å². The second kappa shape index (κ2) is 11.0. The fourth-order valence-corrected chi connectivity index (χ4v) is 6.20. The summed E-state index contributed by atoms with van der Waals surface area (Å²) in [4.78, 5) is 33.7. The molecule has 0 unspecified atom stereocenters. The summed E-state index contributed by atoms with van der Waals surface area (Å²) in [5, 5.41) is 14.2. The predicted molar refractivity (Wildman–Crippen MR) is 154 cm³/mol. The number of aliphatic hydroxyl groups is 1. The number of methoxy groups -OCH3 is 1. The van der Waals surface area contributed by atoms with Gasteiger partial charge in [-0.05, 0) is 51.0 Å². The number of aliphatic imine (C=N–C) groups is 1. The minimum atomic E-state index is -1.32. The Morgan fingerprint density at radius 2 is 1.88 bits per heavy atom. The monoisotopic (exact) mass is 564 g/mol. The molecule has 0 aliphatic carbocycles. The predicted octanol–water partition coefficient (Wildman–Crippen LogP) is 3.41. The van der Waals surface area contributed by atoms with E-state index in [1.807, 2.05) is 39.0 Å². The number of nitrogens with two attached hydrogens (primary N) is 1. The molecule has 5 rings (SSSR count). The van der Waals surface area contributed by atoms with E-state index in [-0.39, 0.29) is 36.7 Å². The van der Waals surface area contributed by atoms with E-state index in [9.17, 15) is 14.7 Å². The second-order valence-corrected chi connectivity index (χ2v) is 11.7. The highest BCUT2D eigenvalue weighted by molar-refractivity contribution is 6.00. The number of guanidine groups is 1. The largest absolute Gasteiger partial charge is 0.493 e. The fraction of sp³-hybridized carbons (Fsp3) is 0.516. The van der Waals surface area contributed by atoms with Crippen LogP contribution in [-0.2, 0) is 9.53 Å². The van der Waals surface area contributed by atoms with Gasteiger partial charge in [0.15, 0.2) is 5.96 Å². The van der Waals surface area contributed by atoms with E-state index in [2.05, 4.69) is 5.32 Å². The molecule has 0 saturated heterocycles. The minimum Gasteiger partial charge on any atom is -0.493 e. The van der Waals surface area contributed by atoms with Crippen molar-refractivity contribution in [3.05, 3.63) is 58.7 Å². The molecule has 0 radical (unpaired) electrons. The standard InChI is InChI=1S/C31H40N4O6/c1-6-31(7-2)14-25(36)35(29(32)34-31)26-20(15-39-5)16-40-23-11-9-19(13-21(23)26)28(37)33-27-22-12-18(3)8-10-24(22)41-17-30(27,4)38/h8-13,20,26-27,38H,6-7,14-17H2,1-5H3,(H2,32,34)(H,33,37)/t20-,26-,27-,30-/m1/s1. The van der Waals surface area contributed by atoms with Crippen LogP contribution >= 0.6 is 0 Å². The number of amides is 2. The smallest absolute Gasteiger partial charge is 0.251 e. The van der Waals surface area contributed by atoms with Crippen molar-refractivity contribution in [2.75, 3.05) is 26.9 Å². The van der Waals surface area contributed by atoms with E-state index >= 15 is 0 Å². The van der Waals surface area contributed by atoms with Crippen LogP contribution in [0.5, 0.6) is 11.5 Å². The summed E-state index contributed by atoms with van der Waals surface area (Å²) in [6.07, 6.45) is 1.67. The number of ether oxygens (including phenoxy) is 3. The van der Waals surface area contributed by atoms with Gasteiger partial charge in [0.2, 0.25) is 5.91 Å². The highest BCUT2D eigenvalue weighted by Crippen LogP contribution is 2.43. The number of benzene rings is 2. The lowest BCUT2D eigenvalue weighted by Gasteiger charge is -2.44. The van der Waals surface area contributed by atoms with Gasteiger partial charge in [0, 0.05) is 29.7 Å². The summed E-state index contributed by atoms with van der Waals surface area (Å²) >= 11 is 0. The Morgan fingerprint density at radius 1 is 1.17 bits per heavy atom. The van der Waals surface area contributed by atoms with Crippen molar-refractivity contribution in [2.24, 2.45) is 16.6 Å². The molecule has 3 aliphatic heterocycles. The zero-order valence-corrected chi connectivity index (χ0v) is 24.4. The number of nitrogens with zero attached hydrogens (tertiary/aromatic N) is 2. The Hall–Kier alpha value is -3.63. The normalized spacial score (nSPS) is 26.7. The first-order valence-electron chi connectivity index (χ1n) is 14.2. The Morgan fingerprint density at radius 3 is 2.56 bits per heavy atom. The molecule has 0 spiro atoms. The van der Waals surface area contributed by atoms with Crippen LogP contribution in [-0.4, -0.2) is 65.9 Å². The molecule has 0 aromatic heterocycles. The van der Waals surface area contributed by atoms with Gasteiger partial charge in [-0.1, -0.05) is 31.5 Å². The minimum absolute atomic E-state index is 0.0412. The number of aryl methyl sites for hydroxylation is 1. The van der Waals surface area contributed by atoms with E-state index in [0.717, 1.165) is 5.56 Å². The molecule has 2 aromatic carbocycles. The van der Waals surface area contributed by atoms with Crippen molar-refractivity contribution in [3.8, 4) is 11.5 Å². The summed E-state index contributed by atoms with van der Waals surface area (Å²) in [5.41, 5.74) is 7.40. The first-order chi connectivity index (χ1) is 19.5. The first kappa shape index (κ1) is 28.9. The molecule has 4 N–H and O–H groups in total. The van der Waals surface area contributed by atoms with Crippen molar-refractivity contribution in [1.82, 2.24) is 10.2 Å². The number of rotatable bonds is 7. The van der Waals surface area contributed by atoms with Crippen molar-refractivity contribution in [2.45, 2.75) is 70.2 Å². The molecule has 0 bridgehead atoms. The quantitative estimate of drug-likeness (QED) is 0.469. The number of hydrogen-bond donors (Lipinski definition) is 3. The Labute approximate surface area is 240 Å². The van der Waals surface area contributed by atoms with Gasteiger partial charge in [-0.15, -0.1) is 0 Å². The van der Waals surface area contributed by atoms with E-state index in [1.54, 1.807) is 37.1 Å². The van der Waals surface area contributed by atoms with Gasteiger partial charge < -0.3 is 30.4 Å². The van der Waals surface area contributed by atoms with Gasteiger partial charge in [-0.2, -0.15) is 0 Å². The van der Waals surface area contributed by atoms with E-state index in [4.69, 9.17) is 24.9 Å². The number of hydrogen-bond acceptors (Lipinski definition) is 8. The Balaban J connectivity index is 1.51. The molecule has 4 atom stereocenters. The zero-order chi connectivity index (χ0) is 29.5. The number of carbonyl (C=O) groups is 2. The SMILES string of the molecule is CCC1(CC)CC(=O)N([C@H]2c3cc(C(=O)N[C@@H]4c5cc(C)ccc5OC[C@@]4(C)O)ccc3OC[C@H]2COC)C(N)=N1. The van der Waals surface area contributed by atoms with Crippen LogP contribution in [0.1, 0.15) is 79.2 Å². The maximum Gasteiger partial charge on any atom is 0.251 e. The molecule has 2 amide bonds. The number of fused-ring (bicyclic) bond motifs is 2. The molecule has 0 fully saturated rings. The van der Waals surface area contributed by atoms with Crippen molar-refractivity contribution in [3.63, 3.8) is 0 Å². The molecule has 220 valence electrons. The average Bonchev–Trinajstić information content (AvgIpc) is 2.94. The summed E-state index contributed by atoms with van der Waals surface area (Å²) in [6.45, 7) is 8.31. The molecule has 0 saturated carbocycles. The molecular formula is C31H40N4O6. The van der Waals surface area contributed by atoms with Crippen LogP contribution in [0.4, 0.5) is 0 Å². The van der Waals surface area contributed by atoms with Gasteiger partial charge in [0.25, 0.3) is 5.91 Å². The molecule has 3 aliphatic rings. The number of carbonyl (C=O) groups excluding carboxylic acids is 2. The molecule has 10 heteroatoms. The van der Waals surface area contributed by atoms with Crippen molar-refractivity contribution < 1.29 is 28.9 Å². The average molecular weight is 565 g/mol. The van der Waals surface area contributed by atoms with E-state index in [1.165, 1.54) is 0 Å². The third-order valence-corrected chi connectivity index (χ3v) is 8.71. The summed E-state index contributed by atoms with van der Waals surface area (Å²) in [6, 6.07) is 9.64. The third kappa shape index (κ3) is 5.26. The maximum atomic E-state index is 13.7. The summed E-state index contributed by atoms with van der Waals surface area (Å²) in [7, 11) is 1.60. The zero-order valence-electron chi connectivity index (χ0n) is 24.4. The molecule has 3 heterocycles. The van der Waals surface area contributed by atoms with Gasteiger partial charge in [0.1, 0.15) is 23.7 Å². The second-order valence-electron chi connectivity index (χ2n) is 11.7. The van der Waals surface area contributed by atoms with Crippen LogP contribution in [0.25, 0.3) is 0 Å². The van der Waals surface area contributed by atoms with Crippen LogP contribution in [0.2, 0.25) is 0 Å². The van der Waals surface area contributed by atoms with E-state index < -0.39 is 23.2 Å². The fourth-order valence-electron chi connectivity index (χ4n) is 6.20. The van der Waals surface area contributed by atoms with E-state index in [0.29, 0.717) is 54.2 Å². The van der Waals surface area contributed by atoms with Gasteiger partial charge >= 0.3 is 0 Å². The van der Waals surface area contributed by atoms with Gasteiger partial charge in [0.05, 0.1) is 37.3 Å². The Bertz CT molecular complexity index is 1370. The van der Waals surface area contributed by atoms with Crippen molar-refractivity contribution >= 4 is 17.8 Å². The Kier molecular flexibility index (Phi) is 7.74. The summed E-state index contributed by atoms with van der Waals surface area (Å²) < 4.78 is 17.3. The first-order valence-corrected chi connectivity index (χ1v) is 14.2.